The van der Waals surface area contributed by atoms with E-state index in [1.807, 2.05) is 0 Å². The monoisotopic (exact) mass is 338 g/mol. The van der Waals surface area contributed by atoms with Crippen molar-refractivity contribution in [2.75, 3.05) is 26.2 Å². The van der Waals surface area contributed by atoms with Crippen LogP contribution in [-0.2, 0) is 12.8 Å². The van der Waals surface area contributed by atoms with Crippen molar-refractivity contribution in [3.05, 3.63) is 33.8 Å². The van der Waals surface area contributed by atoms with E-state index < -0.39 is 0 Å². The summed E-state index contributed by atoms with van der Waals surface area (Å²) in [7, 11) is 0. The molecule has 0 bridgehead atoms. The normalized spacial score (nSPS) is 18.3. The summed E-state index contributed by atoms with van der Waals surface area (Å²) >= 11 is 3.56. The Morgan fingerprint density at radius 2 is 2.05 bits per heavy atom. The minimum Gasteiger partial charge on any atom is -0.314 e. The van der Waals surface area contributed by atoms with Gasteiger partial charge in [-0.1, -0.05) is 35.8 Å². The summed E-state index contributed by atoms with van der Waals surface area (Å²) in [6.45, 7) is 9.19. The van der Waals surface area contributed by atoms with E-state index in [2.05, 4.69) is 58.2 Å². The third-order valence-corrected chi connectivity index (χ3v) is 4.87. The SMILES string of the molecule is CCN(CC)CCCNC1CCc2cc(Br)ccc2C1. The summed E-state index contributed by atoms with van der Waals surface area (Å²) in [5.74, 6) is 0. The van der Waals surface area contributed by atoms with Gasteiger partial charge in [-0.2, -0.15) is 0 Å². The van der Waals surface area contributed by atoms with Gasteiger partial charge in [0.15, 0.2) is 0 Å². The molecule has 1 aromatic rings. The molecule has 0 fully saturated rings. The molecule has 3 heteroatoms. The van der Waals surface area contributed by atoms with Crippen molar-refractivity contribution in [1.82, 2.24) is 10.2 Å². The molecule has 20 heavy (non-hydrogen) atoms. The molecule has 0 aliphatic heterocycles. The Morgan fingerprint density at radius 3 is 2.80 bits per heavy atom. The van der Waals surface area contributed by atoms with E-state index in [0.29, 0.717) is 6.04 Å². The lowest BCUT2D eigenvalue weighted by Crippen LogP contribution is -2.36. The van der Waals surface area contributed by atoms with E-state index in [1.54, 1.807) is 0 Å². The summed E-state index contributed by atoms with van der Waals surface area (Å²) in [6, 6.07) is 7.40. The van der Waals surface area contributed by atoms with Gasteiger partial charge in [0, 0.05) is 10.5 Å². The average Bonchev–Trinajstić information content (AvgIpc) is 2.47. The number of fused-ring (bicyclic) bond motifs is 1. The summed E-state index contributed by atoms with van der Waals surface area (Å²) < 4.78 is 1.21. The third kappa shape index (κ3) is 4.57. The largest absolute Gasteiger partial charge is 0.314 e. The van der Waals surface area contributed by atoms with Gasteiger partial charge in [-0.25, -0.2) is 0 Å². The van der Waals surface area contributed by atoms with Crippen molar-refractivity contribution < 1.29 is 0 Å². The molecule has 1 N–H and O–H groups in total. The van der Waals surface area contributed by atoms with Crippen LogP contribution in [0.3, 0.4) is 0 Å². The van der Waals surface area contributed by atoms with E-state index in [4.69, 9.17) is 0 Å². The van der Waals surface area contributed by atoms with Crippen molar-refractivity contribution in [3.63, 3.8) is 0 Å². The van der Waals surface area contributed by atoms with E-state index in [1.165, 1.54) is 60.9 Å². The molecule has 0 amide bonds. The molecule has 0 heterocycles. The maximum atomic E-state index is 3.74. The Labute approximate surface area is 132 Å². The summed E-state index contributed by atoms with van der Waals surface area (Å²) in [6.07, 6.45) is 4.93. The Balaban J connectivity index is 1.72. The predicted molar refractivity (Wildman–Crippen MR) is 90.4 cm³/mol. The van der Waals surface area contributed by atoms with Gasteiger partial charge >= 0.3 is 0 Å². The van der Waals surface area contributed by atoms with Gasteiger partial charge in [-0.3, -0.25) is 0 Å². The summed E-state index contributed by atoms with van der Waals surface area (Å²) in [5.41, 5.74) is 3.06. The van der Waals surface area contributed by atoms with Crippen LogP contribution in [0.15, 0.2) is 22.7 Å². The van der Waals surface area contributed by atoms with Crippen LogP contribution in [0.1, 0.15) is 37.8 Å². The molecule has 0 spiro atoms. The first kappa shape index (κ1) is 16.0. The van der Waals surface area contributed by atoms with E-state index in [-0.39, 0.29) is 0 Å². The van der Waals surface area contributed by atoms with E-state index in [9.17, 15) is 0 Å². The highest BCUT2D eigenvalue weighted by Crippen LogP contribution is 2.24. The Hall–Kier alpha value is -0.380. The molecule has 0 aromatic heterocycles. The lowest BCUT2D eigenvalue weighted by Gasteiger charge is -2.26. The second-order valence-corrected chi connectivity index (χ2v) is 6.60. The molecule has 1 aromatic carbocycles. The standard InChI is InChI=1S/C17H27BrN2/c1-3-20(4-2)11-5-10-19-17-9-7-14-12-16(18)8-6-15(14)13-17/h6,8,12,17,19H,3-5,7,9-11,13H2,1-2H3. The lowest BCUT2D eigenvalue weighted by molar-refractivity contribution is 0.294. The van der Waals surface area contributed by atoms with Crippen molar-refractivity contribution in [2.24, 2.45) is 0 Å². The topological polar surface area (TPSA) is 15.3 Å². The smallest absolute Gasteiger partial charge is 0.0178 e. The number of benzene rings is 1. The molecule has 1 aliphatic rings. The maximum Gasteiger partial charge on any atom is 0.0178 e. The third-order valence-electron chi connectivity index (χ3n) is 4.38. The highest BCUT2D eigenvalue weighted by atomic mass is 79.9. The van der Waals surface area contributed by atoms with Crippen LogP contribution in [0.25, 0.3) is 0 Å². The summed E-state index contributed by atoms with van der Waals surface area (Å²) in [4.78, 5) is 2.50. The number of rotatable bonds is 7. The zero-order chi connectivity index (χ0) is 14.4. The second kappa shape index (κ2) is 8.16. The van der Waals surface area contributed by atoms with E-state index in [0.717, 1.165) is 6.54 Å². The van der Waals surface area contributed by atoms with Gasteiger partial charge < -0.3 is 10.2 Å². The van der Waals surface area contributed by atoms with Crippen LogP contribution in [0.2, 0.25) is 0 Å². The van der Waals surface area contributed by atoms with Crippen LogP contribution < -0.4 is 5.32 Å². The number of hydrogen-bond donors (Lipinski definition) is 1. The van der Waals surface area contributed by atoms with Crippen molar-refractivity contribution in [3.8, 4) is 0 Å². The zero-order valence-electron chi connectivity index (χ0n) is 12.8. The van der Waals surface area contributed by atoms with Gasteiger partial charge in [-0.15, -0.1) is 0 Å². The Kier molecular flexibility index (Phi) is 6.53. The van der Waals surface area contributed by atoms with Crippen molar-refractivity contribution in [1.29, 1.82) is 0 Å². The van der Waals surface area contributed by atoms with Crippen LogP contribution in [0.4, 0.5) is 0 Å². The first-order valence-corrected chi connectivity index (χ1v) is 8.75. The van der Waals surface area contributed by atoms with Crippen molar-refractivity contribution in [2.45, 2.75) is 45.6 Å². The van der Waals surface area contributed by atoms with Gasteiger partial charge in [0.05, 0.1) is 0 Å². The molecule has 0 saturated heterocycles. The van der Waals surface area contributed by atoms with Gasteiger partial charge in [0.2, 0.25) is 0 Å². The minimum absolute atomic E-state index is 0.667. The number of hydrogen-bond acceptors (Lipinski definition) is 2. The average molecular weight is 339 g/mol. The summed E-state index contributed by atoms with van der Waals surface area (Å²) in [5, 5.41) is 3.74. The molecular weight excluding hydrogens is 312 g/mol. The number of nitrogens with one attached hydrogen (secondary N) is 1. The second-order valence-electron chi connectivity index (χ2n) is 5.69. The van der Waals surface area contributed by atoms with Crippen LogP contribution in [0, 0.1) is 0 Å². The minimum atomic E-state index is 0.667. The van der Waals surface area contributed by atoms with Crippen molar-refractivity contribution >= 4 is 15.9 Å². The molecule has 2 rings (SSSR count). The van der Waals surface area contributed by atoms with Crippen LogP contribution in [0.5, 0.6) is 0 Å². The molecule has 112 valence electrons. The first-order valence-electron chi connectivity index (χ1n) is 7.96. The Bertz CT molecular complexity index is 415. The Morgan fingerprint density at radius 1 is 1.25 bits per heavy atom. The van der Waals surface area contributed by atoms with Crippen LogP contribution >= 0.6 is 15.9 Å². The molecule has 1 aliphatic carbocycles. The number of halogens is 1. The fourth-order valence-electron chi connectivity index (χ4n) is 3.05. The lowest BCUT2D eigenvalue weighted by atomic mass is 9.88. The highest BCUT2D eigenvalue weighted by Gasteiger charge is 2.17. The molecule has 0 radical (unpaired) electrons. The zero-order valence-corrected chi connectivity index (χ0v) is 14.4. The van der Waals surface area contributed by atoms with E-state index >= 15 is 0 Å². The van der Waals surface area contributed by atoms with Gasteiger partial charge in [0.1, 0.15) is 0 Å². The fraction of sp³-hybridized carbons (Fsp3) is 0.647. The van der Waals surface area contributed by atoms with Gasteiger partial charge in [-0.05, 0) is 75.1 Å². The quantitative estimate of drug-likeness (QED) is 0.763. The molecule has 1 unspecified atom stereocenters. The van der Waals surface area contributed by atoms with Crippen LogP contribution in [-0.4, -0.2) is 37.1 Å². The first-order chi connectivity index (χ1) is 9.72. The predicted octanol–water partition coefficient (Wildman–Crippen LogP) is 3.63. The number of aryl methyl sites for hydroxylation is 1. The molecule has 2 nitrogen and oxygen atoms in total. The highest BCUT2D eigenvalue weighted by molar-refractivity contribution is 9.10. The maximum absolute atomic E-state index is 3.74. The molecule has 0 saturated carbocycles. The molecule has 1 atom stereocenters. The fourth-order valence-corrected chi connectivity index (χ4v) is 3.46. The molecular formula is C17H27BrN2. The van der Waals surface area contributed by atoms with Gasteiger partial charge in [0.25, 0.3) is 0 Å². The number of nitrogens with zero attached hydrogens (tertiary/aromatic N) is 1.